The van der Waals surface area contributed by atoms with Gasteiger partial charge in [0.2, 0.25) is 0 Å². The molecule has 0 aliphatic carbocycles. The van der Waals surface area contributed by atoms with E-state index in [0.717, 1.165) is 11.8 Å². The Balaban J connectivity index is 4.62. The zero-order chi connectivity index (χ0) is 16.8. The zero-order valence-electron chi connectivity index (χ0n) is 13.5. The third-order valence-corrected chi connectivity index (χ3v) is 3.41. The standard InChI is InChI=1S/C14H25NO5S/c1-9(16)21-8-10(11(17)18)7-14(5,6)15-12(19)20-13(2,3)4/h10H,7-8H2,1-6H3,(H,15,19)(H,17,18). The van der Waals surface area contributed by atoms with Crippen molar-refractivity contribution in [1.29, 1.82) is 0 Å². The van der Waals surface area contributed by atoms with Crippen LogP contribution in [-0.2, 0) is 14.3 Å². The highest BCUT2D eigenvalue weighted by Gasteiger charge is 2.31. The molecule has 0 bridgehead atoms. The Morgan fingerprint density at radius 2 is 1.71 bits per heavy atom. The predicted octanol–water partition coefficient (Wildman–Crippen LogP) is 2.66. The first-order valence-electron chi connectivity index (χ1n) is 6.70. The number of nitrogens with one attached hydrogen (secondary N) is 1. The van der Waals surface area contributed by atoms with Crippen LogP contribution in [-0.4, -0.2) is 39.2 Å². The minimum atomic E-state index is -0.984. The second kappa shape index (κ2) is 7.68. The van der Waals surface area contributed by atoms with Gasteiger partial charge in [-0.2, -0.15) is 0 Å². The van der Waals surface area contributed by atoms with Crippen LogP contribution >= 0.6 is 11.8 Å². The molecule has 0 saturated carbocycles. The molecule has 122 valence electrons. The number of thioether (sulfide) groups is 1. The van der Waals surface area contributed by atoms with Gasteiger partial charge in [0.05, 0.1) is 5.92 Å². The average molecular weight is 319 g/mol. The largest absolute Gasteiger partial charge is 0.481 e. The summed E-state index contributed by atoms with van der Waals surface area (Å²) >= 11 is 0.974. The topological polar surface area (TPSA) is 92.7 Å². The van der Waals surface area contributed by atoms with Crippen molar-refractivity contribution in [2.75, 3.05) is 5.75 Å². The molecule has 0 aromatic heterocycles. The molecular formula is C14H25NO5S. The Kier molecular flexibility index (Phi) is 7.23. The monoisotopic (exact) mass is 319 g/mol. The first kappa shape index (κ1) is 19.8. The van der Waals surface area contributed by atoms with Crippen LogP contribution < -0.4 is 5.32 Å². The lowest BCUT2D eigenvalue weighted by molar-refractivity contribution is -0.141. The van der Waals surface area contributed by atoms with Crippen LogP contribution in [0.2, 0.25) is 0 Å². The fourth-order valence-electron chi connectivity index (χ4n) is 1.68. The molecule has 0 saturated heterocycles. The Morgan fingerprint density at radius 3 is 2.10 bits per heavy atom. The summed E-state index contributed by atoms with van der Waals surface area (Å²) in [6, 6.07) is 0. The summed E-state index contributed by atoms with van der Waals surface area (Å²) < 4.78 is 5.16. The Bertz CT molecular complexity index is 401. The maximum atomic E-state index is 11.8. The minimum Gasteiger partial charge on any atom is -0.481 e. The molecule has 0 spiro atoms. The van der Waals surface area contributed by atoms with Gasteiger partial charge < -0.3 is 15.2 Å². The number of amides is 1. The highest BCUT2D eigenvalue weighted by molar-refractivity contribution is 8.13. The minimum absolute atomic E-state index is 0.126. The van der Waals surface area contributed by atoms with E-state index >= 15 is 0 Å². The molecule has 1 atom stereocenters. The van der Waals surface area contributed by atoms with E-state index in [0.29, 0.717) is 0 Å². The number of carbonyl (C=O) groups excluding carboxylic acids is 2. The van der Waals surface area contributed by atoms with E-state index in [2.05, 4.69) is 5.32 Å². The molecule has 1 unspecified atom stereocenters. The summed E-state index contributed by atoms with van der Waals surface area (Å²) in [5.74, 6) is -1.52. The fourth-order valence-corrected chi connectivity index (χ4v) is 2.38. The third kappa shape index (κ3) is 10.2. The van der Waals surface area contributed by atoms with Crippen LogP contribution in [0.4, 0.5) is 4.79 Å². The summed E-state index contributed by atoms with van der Waals surface area (Å²) in [4.78, 5) is 33.9. The van der Waals surface area contributed by atoms with E-state index < -0.39 is 29.1 Å². The number of hydrogen-bond acceptors (Lipinski definition) is 5. The molecular weight excluding hydrogens is 294 g/mol. The molecule has 2 N–H and O–H groups in total. The number of carboxylic acids is 1. The quantitative estimate of drug-likeness (QED) is 0.782. The highest BCUT2D eigenvalue weighted by Crippen LogP contribution is 2.22. The van der Waals surface area contributed by atoms with Crippen molar-refractivity contribution in [3.05, 3.63) is 0 Å². The Morgan fingerprint density at radius 1 is 1.19 bits per heavy atom. The van der Waals surface area contributed by atoms with Crippen molar-refractivity contribution in [3.63, 3.8) is 0 Å². The smallest absolute Gasteiger partial charge is 0.408 e. The Hall–Kier alpha value is -1.24. The van der Waals surface area contributed by atoms with E-state index in [9.17, 15) is 19.5 Å². The van der Waals surface area contributed by atoms with Gasteiger partial charge in [0.1, 0.15) is 5.60 Å². The molecule has 1 amide bonds. The number of hydrogen-bond donors (Lipinski definition) is 2. The number of rotatable bonds is 6. The lowest BCUT2D eigenvalue weighted by atomic mass is 9.92. The molecule has 0 fully saturated rings. The van der Waals surface area contributed by atoms with Gasteiger partial charge in [-0.25, -0.2) is 4.79 Å². The average Bonchev–Trinajstić information content (AvgIpc) is 2.19. The van der Waals surface area contributed by atoms with Gasteiger partial charge in [0.25, 0.3) is 0 Å². The first-order chi connectivity index (χ1) is 9.32. The molecule has 0 aromatic rings. The number of carboxylic acid groups (broad SMARTS) is 1. The lowest BCUT2D eigenvalue weighted by Gasteiger charge is -2.30. The van der Waals surface area contributed by atoms with Crippen molar-refractivity contribution in [1.82, 2.24) is 5.32 Å². The van der Waals surface area contributed by atoms with E-state index in [1.807, 2.05) is 0 Å². The normalized spacial score (nSPS) is 13.4. The third-order valence-electron chi connectivity index (χ3n) is 2.43. The van der Waals surface area contributed by atoms with Crippen LogP contribution in [0.25, 0.3) is 0 Å². The van der Waals surface area contributed by atoms with Gasteiger partial charge in [-0.05, 0) is 41.0 Å². The molecule has 0 aliphatic heterocycles. The highest BCUT2D eigenvalue weighted by atomic mass is 32.2. The van der Waals surface area contributed by atoms with Crippen LogP contribution in [0.5, 0.6) is 0 Å². The summed E-state index contributed by atoms with van der Waals surface area (Å²) in [6.07, 6.45) is -0.377. The molecule has 0 heterocycles. The van der Waals surface area contributed by atoms with Crippen LogP contribution in [0.15, 0.2) is 0 Å². The summed E-state index contributed by atoms with van der Waals surface area (Å²) in [5.41, 5.74) is -1.36. The summed E-state index contributed by atoms with van der Waals surface area (Å²) in [6.45, 7) is 10.1. The van der Waals surface area contributed by atoms with Crippen molar-refractivity contribution in [2.24, 2.45) is 5.92 Å². The van der Waals surface area contributed by atoms with Crippen molar-refractivity contribution < 1.29 is 24.2 Å². The van der Waals surface area contributed by atoms with Crippen molar-refractivity contribution >= 4 is 28.9 Å². The molecule has 0 aromatic carbocycles. The SMILES string of the molecule is CC(=O)SCC(CC(C)(C)NC(=O)OC(C)(C)C)C(=O)O. The van der Waals surface area contributed by atoms with E-state index in [4.69, 9.17) is 4.74 Å². The van der Waals surface area contributed by atoms with Crippen LogP contribution in [0.3, 0.4) is 0 Å². The Labute approximate surface area is 130 Å². The first-order valence-corrected chi connectivity index (χ1v) is 7.68. The second-order valence-electron chi connectivity index (χ2n) is 6.55. The molecule has 0 aliphatic rings. The van der Waals surface area contributed by atoms with E-state index in [1.54, 1.807) is 34.6 Å². The molecule has 21 heavy (non-hydrogen) atoms. The van der Waals surface area contributed by atoms with Gasteiger partial charge in [0.15, 0.2) is 5.12 Å². The maximum absolute atomic E-state index is 11.8. The van der Waals surface area contributed by atoms with Gasteiger partial charge in [-0.1, -0.05) is 11.8 Å². The lowest BCUT2D eigenvalue weighted by Crippen LogP contribution is -2.47. The molecule has 0 radical (unpaired) electrons. The number of carbonyl (C=O) groups is 3. The molecule has 7 heteroatoms. The number of ether oxygens (including phenoxy) is 1. The van der Waals surface area contributed by atoms with Crippen molar-refractivity contribution in [2.45, 2.75) is 59.1 Å². The second-order valence-corrected chi connectivity index (χ2v) is 7.75. The number of aliphatic carboxylic acids is 1. The molecule has 0 rings (SSSR count). The van der Waals surface area contributed by atoms with Crippen LogP contribution in [0.1, 0.15) is 48.0 Å². The van der Waals surface area contributed by atoms with E-state index in [1.165, 1.54) is 6.92 Å². The van der Waals surface area contributed by atoms with Gasteiger partial charge >= 0.3 is 12.1 Å². The fraction of sp³-hybridized carbons (Fsp3) is 0.786. The summed E-state index contributed by atoms with van der Waals surface area (Å²) in [7, 11) is 0. The van der Waals surface area contributed by atoms with Crippen molar-refractivity contribution in [3.8, 4) is 0 Å². The maximum Gasteiger partial charge on any atom is 0.408 e. The zero-order valence-corrected chi connectivity index (χ0v) is 14.3. The molecule has 6 nitrogen and oxygen atoms in total. The predicted molar refractivity (Wildman–Crippen MR) is 82.3 cm³/mol. The number of alkyl carbamates (subject to hydrolysis) is 1. The summed E-state index contributed by atoms with van der Waals surface area (Å²) in [5, 5.41) is 11.7. The van der Waals surface area contributed by atoms with Gasteiger partial charge in [0, 0.05) is 18.2 Å². The van der Waals surface area contributed by atoms with Crippen LogP contribution in [0, 0.1) is 5.92 Å². The van der Waals surface area contributed by atoms with Gasteiger partial charge in [-0.15, -0.1) is 0 Å². The van der Waals surface area contributed by atoms with E-state index in [-0.39, 0.29) is 17.3 Å². The van der Waals surface area contributed by atoms with Gasteiger partial charge in [-0.3, -0.25) is 9.59 Å².